The van der Waals surface area contributed by atoms with Crippen LogP contribution in [0.1, 0.15) is 45.0 Å². The molecule has 4 heteroatoms. The molecule has 0 aliphatic rings. The summed E-state index contributed by atoms with van der Waals surface area (Å²) in [7, 11) is 1.94. The van der Waals surface area contributed by atoms with E-state index in [2.05, 4.69) is 37.0 Å². The number of fused-ring (bicyclic) bond motifs is 1. The number of nitrogens with zero attached hydrogens (tertiary/aromatic N) is 2. The van der Waals surface area contributed by atoms with E-state index in [0.717, 1.165) is 16.9 Å². The molecule has 0 unspecified atom stereocenters. The highest BCUT2D eigenvalue weighted by molar-refractivity contribution is 5.78. The molecule has 108 valence electrons. The molecule has 0 saturated carbocycles. The minimum Gasteiger partial charge on any atom is -0.481 e. The van der Waals surface area contributed by atoms with Crippen LogP contribution < -0.4 is 0 Å². The van der Waals surface area contributed by atoms with E-state index in [1.807, 2.05) is 11.6 Å². The summed E-state index contributed by atoms with van der Waals surface area (Å²) in [4.78, 5) is 15.9. The fourth-order valence-corrected chi connectivity index (χ4v) is 2.25. The van der Waals surface area contributed by atoms with Crippen LogP contribution in [0.25, 0.3) is 11.0 Å². The van der Waals surface area contributed by atoms with Gasteiger partial charge in [-0.3, -0.25) is 4.79 Å². The third-order valence-corrected chi connectivity index (χ3v) is 3.84. The van der Waals surface area contributed by atoms with Gasteiger partial charge in [-0.2, -0.15) is 0 Å². The second-order valence-corrected chi connectivity index (χ2v) is 6.36. The molecule has 4 nitrogen and oxygen atoms in total. The second-order valence-electron chi connectivity index (χ2n) is 6.36. The van der Waals surface area contributed by atoms with Gasteiger partial charge in [0.05, 0.1) is 16.4 Å². The average molecular weight is 274 g/mol. The summed E-state index contributed by atoms with van der Waals surface area (Å²) in [6.07, 6.45) is 0.421. The number of carbonyl (C=O) groups is 1. The molecule has 2 rings (SSSR count). The molecule has 0 radical (unpaired) electrons. The van der Waals surface area contributed by atoms with Crippen molar-refractivity contribution in [1.29, 1.82) is 0 Å². The Bertz CT molecular complexity index is 654. The van der Waals surface area contributed by atoms with Crippen molar-refractivity contribution < 1.29 is 9.90 Å². The maximum Gasteiger partial charge on any atom is 0.309 e. The molecule has 0 atom stereocenters. The molecular weight excluding hydrogens is 252 g/mol. The maximum absolute atomic E-state index is 11.3. The molecule has 20 heavy (non-hydrogen) atoms. The van der Waals surface area contributed by atoms with Crippen LogP contribution in [0.3, 0.4) is 0 Å². The topological polar surface area (TPSA) is 55.1 Å². The van der Waals surface area contributed by atoms with Crippen LogP contribution in [0.2, 0.25) is 0 Å². The fourth-order valence-electron chi connectivity index (χ4n) is 2.25. The van der Waals surface area contributed by atoms with Crippen LogP contribution in [0.15, 0.2) is 18.2 Å². The highest BCUT2D eigenvalue weighted by Crippen LogP contribution is 2.26. The number of carboxylic acid groups (broad SMARTS) is 1. The fraction of sp³-hybridized carbons (Fsp3) is 0.500. The zero-order valence-electron chi connectivity index (χ0n) is 12.8. The summed E-state index contributed by atoms with van der Waals surface area (Å²) in [6.45, 7) is 7.76. The van der Waals surface area contributed by atoms with Gasteiger partial charge >= 0.3 is 5.97 Å². The standard InChI is InChI=1S/C16H22N2O2/c1-10(2)11-6-7-13-12(8-11)17-14(18(13)5)9-16(3,4)15(19)20/h6-8,10H,9H2,1-5H3,(H,19,20). The number of rotatable bonds is 4. The van der Waals surface area contributed by atoms with Crippen molar-refractivity contribution in [3.63, 3.8) is 0 Å². The molecule has 1 N–H and O–H groups in total. The van der Waals surface area contributed by atoms with E-state index in [-0.39, 0.29) is 0 Å². The predicted molar refractivity (Wildman–Crippen MR) is 79.9 cm³/mol. The van der Waals surface area contributed by atoms with E-state index in [0.29, 0.717) is 12.3 Å². The number of benzene rings is 1. The van der Waals surface area contributed by atoms with Crippen LogP contribution in [-0.2, 0) is 18.3 Å². The van der Waals surface area contributed by atoms with Crippen LogP contribution in [-0.4, -0.2) is 20.6 Å². The quantitative estimate of drug-likeness (QED) is 0.930. The first-order valence-corrected chi connectivity index (χ1v) is 6.91. The van der Waals surface area contributed by atoms with Gasteiger partial charge in [0.1, 0.15) is 5.82 Å². The van der Waals surface area contributed by atoms with Gasteiger partial charge in [-0.05, 0) is 37.5 Å². The lowest BCUT2D eigenvalue weighted by atomic mass is 9.89. The van der Waals surface area contributed by atoms with Gasteiger partial charge in [0, 0.05) is 13.5 Å². The van der Waals surface area contributed by atoms with Crippen molar-refractivity contribution in [3.8, 4) is 0 Å². The Morgan fingerprint density at radius 1 is 1.40 bits per heavy atom. The van der Waals surface area contributed by atoms with Crippen molar-refractivity contribution in [1.82, 2.24) is 9.55 Å². The van der Waals surface area contributed by atoms with Crippen molar-refractivity contribution in [3.05, 3.63) is 29.6 Å². The molecule has 1 heterocycles. The van der Waals surface area contributed by atoms with Crippen LogP contribution in [0.4, 0.5) is 0 Å². The summed E-state index contributed by atoms with van der Waals surface area (Å²) in [5, 5.41) is 9.25. The normalized spacial score (nSPS) is 12.3. The predicted octanol–water partition coefficient (Wildman–Crippen LogP) is 3.35. The molecule has 1 aromatic carbocycles. The van der Waals surface area contributed by atoms with Crippen LogP contribution >= 0.6 is 0 Å². The van der Waals surface area contributed by atoms with E-state index in [1.165, 1.54) is 5.56 Å². The largest absolute Gasteiger partial charge is 0.481 e. The lowest BCUT2D eigenvalue weighted by molar-refractivity contribution is -0.146. The summed E-state index contributed by atoms with van der Waals surface area (Å²) in [5.74, 6) is 0.473. The highest BCUT2D eigenvalue weighted by atomic mass is 16.4. The SMILES string of the molecule is CC(C)c1ccc2c(c1)nc(CC(C)(C)C(=O)O)n2C. The van der Waals surface area contributed by atoms with E-state index in [4.69, 9.17) is 0 Å². The lowest BCUT2D eigenvalue weighted by Gasteiger charge is -2.18. The summed E-state index contributed by atoms with van der Waals surface area (Å²) < 4.78 is 1.99. The van der Waals surface area contributed by atoms with E-state index < -0.39 is 11.4 Å². The Balaban J connectivity index is 2.46. The Morgan fingerprint density at radius 2 is 2.05 bits per heavy atom. The first-order chi connectivity index (χ1) is 9.22. The van der Waals surface area contributed by atoms with Crippen LogP contribution in [0.5, 0.6) is 0 Å². The molecule has 0 bridgehead atoms. The smallest absolute Gasteiger partial charge is 0.309 e. The summed E-state index contributed by atoms with van der Waals surface area (Å²) in [5.41, 5.74) is 2.43. The lowest BCUT2D eigenvalue weighted by Crippen LogP contribution is -2.27. The number of hydrogen-bond acceptors (Lipinski definition) is 2. The minimum atomic E-state index is -0.810. The first-order valence-electron chi connectivity index (χ1n) is 6.91. The number of aromatic nitrogens is 2. The third-order valence-electron chi connectivity index (χ3n) is 3.84. The molecule has 0 saturated heterocycles. The van der Waals surface area contributed by atoms with Crippen molar-refractivity contribution >= 4 is 17.0 Å². The Morgan fingerprint density at radius 3 is 2.60 bits per heavy atom. The Kier molecular flexibility index (Phi) is 3.59. The molecule has 1 aromatic heterocycles. The second kappa shape index (κ2) is 4.93. The Labute approximate surface area is 119 Å². The molecule has 0 fully saturated rings. The van der Waals surface area contributed by atoms with Crippen LogP contribution in [0, 0.1) is 5.41 Å². The maximum atomic E-state index is 11.3. The Hall–Kier alpha value is -1.84. The zero-order valence-corrected chi connectivity index (χ0v) is 12.8. The zero-order chi connectivity index (χ0) is 15.1. The molecule has 0 amide bonds. The van der Waals surface area contributed by atoms with Gasteiger partial charge < -0.3 is 9.67 Å². The van der Waals surface area contributed by atoms with Gasteiger partial charge in [0.15, 0.2) is 0 Å². The molecular formula is C16H22N2O2. The first kappa shape index (κ1) is 14.6. The molecule has 0 aliphatic heterocycles. The molecule has 0 aliphatic carbocycles. The van der Waals surface area contributed by atoms with E-state index in [9.17, 15) is 9.90 Å². The number of carboxylic acids is 1. The van der Waals surface area contributed by atoms with Gasteiger partial charge in [0.25, 0.3) is 0 Å². The van der Waals surface area contributed by atoms with Crippen molar-refractivity contribution in [2.24, 2.45) is 12.5 Å². The van der Waals surface area contributed by atoms with Gasteiger partial charge in [-0.25, -0.2) is 4.98 Å². The van der Waals surface area contributed by atoms with E-state index >= 15 is 0 Å². The van der Waals surface area contributed by atoms with Gasteiger partial charge in [0.2, 0.25) is 0 Å². The summed E-state index contributed by atoms with van der Waals surface area (Å²) >= 11 is 0. The van der Waals surface area contributed by atoms with Gasteiger partial charge in [-0.15, -0.1) is 0 Å². The third kappa shape index (κ3) is 2.55. The van der Waals surface area contributed by atoms with Crippen molar-refractivity contribution in [2.45, 2.75) is 40.0 Å². The number of aliphatic carboxylic acids is 1. The monoisotopic (exact) mass is 274 g/mol. The minimum absolute atomic E-state index is 0.421. The van der Waals surface area contributed by atoms with Crippen molar-refractivity contribution in [2.75, 3.05) is 0 Å². The number of hydrogen-bond donors (Lipinski definition) is 1. The average Bonchev–Trinajstić information content (AvgIpc) is 2.65. The molecule has 2 aromatic rings. The number of imidazole rings is 1. The van der Waals surface area contributed by atoms with E-state index in [1.54, 1.807) is 13.8 Å². The highest BCUT2D eigenvalue weighted by Gasteiger charge is 2.29. The summed E-state index contributed by atoms with van der Waals surface area (Å²) in [6, 6.07) is 6.27. The molecule has 0 spiro atoms. The van der Waals surface area contributed by atoms with Gasteiger partial charge in [-0.1, -0.05) is 19.9 Å². The number of aryl methyl sites for hydroxylation is 1.